The number of likely N-dealkylation sites (tertiary alicyclic amines) is 1. The van der Waals surface area contributed by atoms with Gasteiger partial charge >= 0.3 is 0 Å². The highest BCUT2D eigenvalue weighted by Gasteiger charge is 2.25. The minimum atomic E-state index is -0.495. The maximum Gasteiger partial charge on any atom is 0.254 e. The third-order valence-electron chi connectivity index (χ3n) is 4.83. The maximum atomic E-state index is 11.5. The molecule has 0 aliphatic carbocycles. The molecule has 1 aliphatic rings. The average molecular weight is 356 g/mol. The fourth-order valence-corrected chi connectivity index (χ4v) is 4.33. The standard InChI is InChI=1S/C17H20N6OS/c1-11-15(25-10-20-11)9-22-6-2-3-12(8-22)14-4-5-19-17-13(16(18)24)7-21-23(14)17/h4-5,7,10,12H,2-3,6,8-9H2,1H3,(H2,18,24). The van der Waals surface area contributed by atoms with Crippen molar-refractivity contribution in [1.82, 2.24) is 24.5 Å². The molecule has 0 saturated carbocycles. The number of piperidine rings is 1. The molecule has 2 N–H and O–H groups in total. The Hall–Kier alpha value is -2.32. The molecule has 130 valence electrons. The number of hydrogen-bond acceptors (Lipinski definition) is 6. The number of fused-ring (bicyclic) bond motifs is 1. The van der Waals surface area contributed by atoms with Crippen molar-refractivity contribution in [3.8, 4) is 0 Å². The van der Waals surface area contributed by atoms with Crippen LogP contribution in [0.2, 0.25) is 0 Å². The van der Waals surface area contributed by atoms with E-state index in [4.69, 9.17) is 5.73 Å². The van der Waals surface area contributed by atoms with Crippen LogP contribution in [0.1, 0.15) is 45.4 Å². The van der Waals surface area contributed by atoms with E-state index in [0.29, 0.717) is 17.1 Å². The molecule has 1 aliphatic heterocycles. The summed E-state index contributed by atoms with van der Waals surface area (Å²) >= 11 is 1.72. The number of thiazole rings is 1. The zero-order valence-electron chi connectivity index (χ0n) is 14.1. The average Bonchev–Trinajstić information content (AvgIpc) is 3.21. The third-order valence-corrected chi connectivity index (χ3v) is 5.75. The molecule has 0 bridgehead atoms. The zero-order valence-corrected chi connectivity index (χ0v) is 14.9. The first kappa shape index (κ1) is 16.2. The largest absolute Gasteiger partial charge is 0.365 e. The summed E-state index contributed by atoms with van der Waals surface area (Å²) in [4.78, 5) is 24.0. The molecule has 25 heavy (non-hydrogen) atoms. The number of aryl methyl sites for hydroxylation is 1. The number of rotatable bonds is 4. The van der Waals surface area contributed by atoms with Gasteiger partial charge in [0.15, 0.2) is 5.65 Å². The number of hydrogen-bond donors (Lipinski definition) is 1. The Bertz CT molecular complexity index is 917. The Labute approximate surface area is 149 Å². The predicted molar refractivity (Wildman–Crippen MR) is 95.6 cm³/mol. The van der Waals surface area contributed by atoms with Gasteiger partial charge in [0.25, 0.3) is 5.91 Å². The number of nitrogens with two attached hydrogens (primary N) is 1. The number of aromatic nitrogens is 4. The molecule has 8 heteroatoms. The minimum absolute atomic E-state index is 0.355. The van der Waals surface area contributed by atoms with Gasteiger partial charge in [-0.3, -0.25) is 9.69 Å². The molecule has 1 atom stereocenters. The van der Waals surface area contributed by atoms with Crippen LogP contribution in [0.25, 0.3) is 5.65 Å². The van der Waals surface area contributed by atoms with Crippen LogP contribution in [0.3, 0.4) is 0 Å². The first-order valence-corrected chi connectivity index (χ1v) is 9.25. The first-order valence-electron chi connectivity index (χ1n) is 8.37. The second-order valence-corrected chi connectivity index (χ2v) is 7.40. The van der Waals surface area contributed by atoms with Gasteiger partial charge in [0.2, 0.25) is 0 Å². The van der Waals surface area contributed by atoms with E-state index in [1.807, 2.05) is 11.6 Å². The van der Waals surface area contributed by atoms with Crippen molar-refractivity contribution >= 4 is 22.9 Å². The Morgan fingerprint density at radius 2 is 2.32 bits per heavy atom. The molecular formula is C17H20N6OS. The van der Waals surface area contributed by atoms with E-state index in [1.54, 1.807) is 22.0 Å². The van der Waals surface area contributed by atoms with E-state index >= 15 is 0 Å². The van der Waals surface area contributed by atoms with Crippen LogP contribution in [-0.2, 0) is 6.54 Å². The molecule has 0 aromatic carbocycles. The molecule has 4 heterocycles. The van der Waals surface area contributed by atoms with Crippen LogP contribution in [0.5, 0.6) is 0 Å². The number of primary amides is 1. The second-order valence-electron chi connectivity index (χ2n) is 6.46. The Morgan fingerprint density at radius 3 is 3.08 bits per heavy atom. The lowest BCUT2D eigenvalue weighted by molar-refractivity contribution is 0.100. The molecule has 1 fully saturated rings. The molecule has 0 spiro atoms. The van der Waals surface area contributed by atoms with Gasteiger partial charge in [0.05, 0.1) is 23.1 Å². The predicted octanol–water partition coefficient (Wildman–Crippen LogP) is 1.97. The van der Waals surface area contributed by atoms with E-state index in [-0.39, 0.29) is 0 Å². The van der Waals surface area contributed by atoms with Crippen LogP contribution in [-0.4, -0.2) is 43.5 Å². The molecular weight excluding hydrogens is 336 g/mol. The quantitative estimate of drug-likeness (QED) is 0.772. The van der Waals surface area contributed by atoms with Gasteiger partial charge in [-0.05, 0) is 32.4 Å². The summed E-state index contributed by atoms with van der Waals surface area (Å²) in [6.45, 7) is 5.05. The van der Waals surface area contributed by atoms with Crippen molar-refractivity contribution in [3.63, 3.8) is 0 Å². The normalized spacial score (nSPS) is 18.7. The first-order chi connectivity index (χ1) is 12.1. The fourth-order valence-electron chi connectivity index (χ4n) is 3.51. The Balaban J connectivity index is 1.60. The Kier molecular flexibility index (Phi) is 4.22. The van der Waals surface area contributed by atoms with Crippen molar-refractivity contribution in [2.75, 3.05) is 13.1 Å². The summed E-state index contributed by atoms with van der Waals surface area (Å²) in [5.74, 6) is -0.140. The smallest absolute Gasteiger partial charge is 0.254 e. The molecule has 3 aromatic rings. The summed E-state index contributed by atoms with van der Waals surface area (Å²) in [7, 11) is 0. The van der Waals surface area contributed by atoms with Gasteiger partial charge in [-0.15, -0.1) is 11.3 Å². The van der Waals surface area contributed by atoms with E-state index in [9.17, 15) is 4.79 Å². The van der Waals surface area contributed by atoms with Crippen molar-refractivity contribution in [2.45, 2.75) is 32.2 Å². The van der Waals surface area contributed by atoms with Gasteiger partial charge in [0, 0.05) is 30.1 Å². The van der Waals surface area contributed by atoms with E-state index in [2.05, 4.69) is 26.9 Å². The molecule has 4 rings (SSSR count). The molecule has 1 saturated heterocycles. The summed E-state index contributed by atoms with van der Waals surface area (Å²) in [6.07, 6.45) is 5.49. The van der Waals surface area contributed by atoms with E-state index in [0.717, 1.165) is 43.9 Å². The molecule has 1 unspecified atom stereocenters. The highest BCUT2D eigenvalue weighted by Crippen LogP contribution is 2.29. The summed E-state index contributed by atoms with van der Waals surface area (Å²) < 4.78 is 1.77. The van der Waals surface area contributed by atoms with Crippen LogP contribution >= 0.6 is 11.3 Å². The SMILES string of the molecule is Cc1ncsc1CN1CCCC(c2ccnc3c(C(N)=O)cnn23)C1. The number of nitrogens with zero attached hydrogens (tertiary/aromatic N) is 5. The van der Waals surface area contributed by atoms with Crippen molar-refractivity contribution in [3.05, 3.63) is 45.8 Å². The number of amides is 1. The van der Waals surface area contributed by atoms with Crippen molar-refractivity contribution in [1.29, 1.82) is 0 Å². The summed E-state index contributed by atoms with van der Waals surface area (Å²) in [5, 5.41) is 4.36. The Morgan fingerprint density at radius 1 is 1.44 bits per heavy atom. The fraction of sp³-hybridized carbons (Fsp3) is 0.412. The summed E-state index contributed by atoms with van der Waals surface area (Å²) in [6, 6.07) is 2.00. The maximum absolute atomic E-state index is 11.5. The summed E-state index contributed by atoms with van der Waals surface area (Å²) in [5.41, 5.74) is 10.5. The van der Waals surface area contributed by atoms with Gasteiger partial charge in [-0.2, -0.15) is 5.10 Å². The van der Waals surface area contributed by atoms with Gasteiger partial charge < -0.3 is 5.73 Å². The lowest BCUT2D eigenvalue weighted by Gasteiger charge is -2.32. The van der Waals surface area contributed by atoms with Crippen LogP contribution in [0.15, 0.2) is 24.0 Å². The van der Waals surface area contributed by atoms with Gasteiger partial charge in [-0.1, -0.05) is 0 Å². The van der Waals surface area contributed by atoms with Crippen LogP contribution in [0.4, 0.5) is 0 Å². The van der Waals surface area contributed by atoms with Gasteiger partial charge in [0.1, 0.15) is 5.56 Å². The highest BCUT2D eigenvalue weighted by molar-refractivity contribution is 7.09. The van der Waals surface area contributed by atoms with E-state index < -0.39 is 5.91 Å². The minimum Gasteiger partial charge on any atom is -0.365 e. The highest BCUT2D eigenvalue weighted by atomic mass is 32.1. The number of carbonyl (C=O) groups excluding carboxylic acids is 1. The molecule has 1 amide bonds. The lowest BCUT2D eigenvalue weighted by atomic mass is 9.94. The zero-order chi connectivity index (χ0) is 17.4. The topological polar surface area (TPSA) is 89.4 Å². The van der Waals surface area contributed by atoms with Gasteiger partial charge in [-0.25, -0.2) is 14.5 Å². The molecule has 3 aromatic heterocycles. The number of carbonyl (C=O) groups is 1. The van der Waals surface area contributed by atoms with E-state index in [1.165, 1.54) is 11.1 Å². The van der Waals surface area contributed by atoms with Crippen LogP contribution in [0, 0.1) is 6.92 Å². The van der Waals surface area contributed by atoms with Crippen LogP contribution < -0.4 is 5.73 Å². The van der Waals surface area contributed by atoms with Crippen molar-refractivity contribution in [2.24, 2.45) is 5.73 Å². The van der Waals surface area contributed by atoms with Crippen molar-refractivity contribution < 1.29 is 4.79 Å². The third kappa shape index (κ3) is 3.03. The lowest BCUT2D eigenvalue weighted by Crippen LogP contribution is -2.34. The molecule has 0 radical (unpaired) electrons. The second kappa shape index (κ2) is 6.53. The monoisotopic (exact) mass is 356 g/mol. The molecule has 7 nitrogen and oxygen atoms in total.